The number of hydrogen-bond donors (Lipinski definition) is 2. The van der Waals surface area contributed by atoms with Crippen molar-refractivity contribution >= 4 is 45.3 Å². The largest absolute Gasteiger partial charge is 0.335 e. The molecule has 0 bridgehead atoms. The summed E-state index contributed by atoms with van der Waals surface area (Å²) in [7, 11) is 0. The van der Waals surface area contributed by atoms with Gasteiger partial charge in [0.05, 0.1) is 11.1 Å². The molecule has 0 aromatic carbocycles. The second-order valence-electron chi connectivity index (χ2n) is 7.98. The van der Waals surface area contributed by atoms with Crippen molar-refractivity contribution in [1.29, 1.82) is 0 Å². The first-order valence-electron chi connectivity index (χ1n) is 10.8. The van der Waals surface area contributed by atoms with E-state index in [4.69, 9.17) is 4.98 Å². The highest BCUT2D eigenvalue weighted by molar-refractivity contribution is 7.99. The number of thiophene rings is 1. The molecule has 2 aromatic rings. The Balaban J connectivity index is 1.43. The molecule has 7 nitrogen and oxygen atoms in total. The minimum Gasteiger partial charge on any atom is -0.335 e. The first-order valence-corrected chi connectivity index (χ1v) is 12.6. The van der Waals surface area contributed by atoms with Gasteiger partial charge in [-0.15, -0.1) is 11.3 Å². The van der Waals surface area contributed by atoms with E-state index in [0.717, 1.165) is 61.6 Å². The molecule has 2 aliphatic carbocycles. The third-order valence-corrected chi connectivity index (χ3v) is 8.04. The lowest BCUT2D eigenvalue weighted by Gasteiger charge is -2.22. The minimum atomic E-state index is -0.435. The van der Waals surface area contributed by atoms with Crippen LogP contribution in [0.1, 0.15) is 62.3 Å². The molecule has 2 aromatic heterocycles. The Morgan fingerprint density at radius 2 is 1.93 bits per heavy atom. The summed E-state index contributed by atoms with van der Waals surface area (Å²) < 4.78 is 1.64. The molecule has 4 rings (SSSR count). The van der Waals surface area contributed by atoms with Crippen LogP contribution >= 0.6 is 23.1 Å². The highest BCUT2D eigenvalue weighted by Crippen LogP contribution is 2.34. The van der Waals surface area contributed by atoms with E-state index in [1.165, 1.54) is 28.6 Å². The molecule has 0 radical (unpaired) electrons. The van der Waals surface area contributed by atoms with Gasteiger partial charge in [0, 0.05) is 17.5 Å². The lowest BCUT2D eigenvalue weighted by molar-refractivity contribution is -0.117. The summed E-state index contributed by atoms with van der Waals surface area (Å²) in [4.78, 5) is 44.2. The summed E-state index contributed by atoms with van der Waals surface area (Å²) in [5.41, 5.74) is 1.16. The third-order valence-electron chi connectivity index (χ3n) is 5.88. The number of aryl methyl sites for hydroxylation is 2. The van der Waals surface area contributed by atoms with E-state index in [-0.39, 0.29) is 23.3 Å². The van der Waals surface area contributed by atoms with Crippen molar-refractivity contribution in [3.05, 3.63) is 20.8 Å². The van der Waals surface area contributed by atoms with Gasteiger partial charge in [-0.1, -0.05) is 31.0 Å². The number of rotatable bonds is 5. The molecule has 1 saturated carbocycles. The fourth-order valence-electron chi connectivity index (χ4n) is 4.37. The van der Waals surface area contributed by atoms with Gasteiger partial charge >= 0.3 is 6.03 Å². The van der Waals surface area contributed by atoms with Crippen LogP contribution in [-0.2, 0) is 24.2 Å². The second kappa shape index (κ2) is 9.51. The number of carbonyl (C=O) groups excluding carboxylic acids is 2. The topological polar surface area (TPSA) is 93.1 Å². The van der Waals surface area contributed by atoms with E-state index in [0.29, 0.717) is 11.7 Å². The second-order valence-corrected chi connectivity index (χ2v) is 10.0. The minimum absolute atomic E-state index is 0.0140. The normalized spacial score (nSPS) is 17.0. The average Bonchev–Trinajstić information content (AvgIpc) is 3.11. The Labute approximate surface area is 184 Å². The third kappa shape index (κ3) is 4.56. The van der Waals surface area contributed by atoms with Crippen LogP contribution in [0.5, 0.6) is 0 Å². The zero-order valence-electron chi connectivity index (χ0n) is 17.3. The Kier molecular flexibility index (Phi) is 6.77. The maximum absolute atomic E-state index is 13.1. The Morgan fingerprint density at radius 1 is 1.17 bits per heavy atom. The van der Waals surface area contributed by atoms with Crippen LogP contribution in [0, 0.1) is 0 Å². The summed E-state index contributed by atoms with van der Waals surface area (Å²) in [6, 6.07) is -0.284. The van der Waals surface area contributed by atoms with Crippen LogP contribution in [0.4, 0.5) is 4.79 Å². The predicted molar refractivity (Wildman–Crippen MR) is 120 cm³/mol. The molecular formula is C21H28N4O3S2. The maximum Gasteiger partial charge on any atom is 0.321 e. The number of thioether (sulfide) groups is 1. The van der Waals surface area contributed by atoms with E-state index in [1.54, 1.807) is 15.9 Å². The van der Waals surface area contributed by atoms with Crippen LogP contribution in [0.2, 0.25) is 0 Å². The van der Waals surface area contributed by atoms with Gasteiger partial charge in [0.15, 0.2) is 5.16 Å². The molecule has 0 saturated heterocycles. The summed E-state index contributed by atoms with van der Waals surface area (Å²) in [6.45, 7) is 2.41. The van der Waals surface area contributed by atoms with E-state index in [2.05, 4.69) is 10.6 Å². The van der Waals surface area contributed by atoms with Gasteiger partial charge in [0.1, 0.15) is 4.83 Å². The van der Waals surface area contributed by atoms with Gasteiger partial charge in [0.2, 0.25) is 5.91 Å². The zero-order chi connectivity index (χ0) is 21.1. The highest BCUT2D eigenvalue weighted by atomic mass is 32.2. The molecule has 2 N–H and O–H groups in total. The van der Waals surface area contributed by atoms with Gasteiger partial charge < -0.3 is 5.32 Å². The molecular weight excluding hydrogens is 420 g/mol. The number of urea groups is 1. The lowest BCUT2D eigenvalue weighted by Crippen LogP contribution is -2.45. The van der Waals surface area contributed by atoms with Gasteiger partial charge in [-0.25, -0.2) is 9.78 Å². The molecule has 30 heavy (non-hydrogen) atoms. The SMILES string of the molecule is CCn1c(SCC(=O)NC(=O)NC2CCCCC2)nc2sc3c(c2c1=O)CCCC3. The number of aromatic nitrogens is 2. The highest BCUT2D eigenvalue weighted by Gasteiger charge is 2.22. The fraction of sp³-hybridized carbons (Fsp3) is 0.619. The van der Waals surface area contributed by atoms with Gasteiger partial charge in [0.25, 0.3) is 5.56 Å². The van der Waals surface area contributed by atoms with Crippen molar-refractivity contribution in [2.75, 3.05) is 5.75 Å². The smallest absolute Gasteiger partial charge is 0.321 e. The maximum atomic E-state index is 13.1. The Morgan fingerprint density at radius 3 is 2.70 bits per heavy atom. The summed E-state index contributed by atoms with van der Waals surface area (Å²) >= 11 is 2.82. The number of carbonyl (C=O) groups is 2. The van der Waals surface area contributed by atoms with Crippen molar-refractivity contribution in [1.82, 2.24) is 20.2 Å². The first-order chi connectivity index (χ1) is 14.6. The van der Waals surface area contributed by atoms with Crippen LogP contribution < -0.4 is 16.2 Å². The predicted octanol–water partition coefficient (Wildman–Crippen LogP) is 3.61. The number of fused-ring (bicyclic) bond motifs is 3. The fourth-order valence-corrected chi connectivity index (χ4v) is 6.54. The monoisotopic (exact) mass is 448 g/mol. The molecule has 0 unspecified atom stereocenters. The summed E-state index contributed by atoms with van der Waals surface area (Å²) in [5, 5.41) is 6.59. The molecule has 0 spiro atoms. The Bertz CT molecular complexity index is 1010. The van der Waals surface area contributed by atoms with Crippen LogP contribution in [0.3, 0.4) is 0 Å². The molecule has 0 aliphatic heterocycles. The number of hydrogen-bond acceptors (Lipinski definition) is 6. The van der Waals surface area contributed by atoms with Crippen molar-refractivity contribution in [2.45, 2.75) is 82.5 Å². The van der Waals surface area contributed by atoms with Crippen LogP contribution in [0.25, 0.3) is 10.2 Å². The lowest BCUT2D eigenvalue weighted by atomic mass is 9.96. The molecule has 9 heteroatoms. The average molecular weight is 449 g/mol. The van der Waals surface area contributed by atoms with Crippen LogP contribution in [0.15, 0.2) is 9.95 Å². The van der Waals surface area contributed by atoms with Crippen molar-refractivity contribution in [3.63, 3.8) is 0 Å². The van der Waals surface area contributed by atoms with Gasteiger partial charge in [-0.2, -0.15) is 0 Å². The number of amides is 3. The molecule has 162 valence electrons. The number of nitrogens with zero attached hydrogens (tertiary/aromatic N) is 2. The van der Waals surface area contributed by atoms with Gasteiger partial charge in [-0.05, 0) is 51.0 Å². The Hall–Kier alpha value is -1.87. The quantitative estimate of drug-likeness (QED) is 0.538. The van der Waals surface area contributed by atoms with E-state index >= 15 is 0 Å². The first kappa shape index (κ1) is 21.4. The zero-order valence-corrected chi connectivity index (χ0v) is 18.9. The summed E-state index contributed by atoms with van der Waals surface area (Å²) in [6.07, 6.45) is 9.61. The van der Waals surface area contributed by atoms with Gasteiger partial charge in [-0.3, -0.25) is 19.5 Å². The van der Waals surface area contributed by atoms with E-state index in [9.17, 15) is 14.4 Å². The van der Waals surface area contributed by atoms with Crippen LogP contribution in [-0.4, -0.2) is 33.3 Å². The van der Waals surface area contributed by atoms with E-state index < -0.39 is 6.03 Å². The number of imide groups is 1. The standard InChI is InChI=1S/C21H28N4O3S2/c1-2-25-19(27)17-14-10-6-7-11-15(14)30-18(17)24-21(25)29-12-16(26)23-20(28)22-13-8-4-3-5-9-13/h13H,2-12H2,1H3,(H2,22,23,26,28). The van der Waals surface area contributed by atoms with Crippen molar-refractivity contribution in [3.8, 4) is 0 Å². The molecule has 0 atom stereocenters. The number of nitrogens with one attached hydrogen (secondary N) is 2. The molecule has 2 heterocycles. The van der Waals surface area contributed by atoms with Crippen molar-refractivity contribution in [2.24, 2.45) is 0 Å². The molecule has 2 aliphatic rings. The van der Waals surface area contributed by atoms with E-state index in [1.807, 2.05) is 6.92 Å². The molecule has 1 fully saturated rings. The van der Waals surface area contributed by atoms with Crippen molar-refractivity contribution < 1.29 is 9.59 Å². The molecule has 3 amide bonds. The summed E-state index contributed by atoms with van der Waals surface area (Å²) in [5.74, 6) is -0.336.